The van der Waals surface area contributed by atoms with Crippen LogP contribution in [-0.4, -0.2) is 30.1 Å². The van der Waals surface area contributed by atoms with E-state index in [2.05, 4.69) is 23.8 Å². The quantitative estimate of drug-likeness (QED) is 0.876. The summed E-state index contributed by atoms with van der Waals surface area (Å²) in [5.74, 6) is 0.394. The third-order valence-electron chi connectivity index (χ3n) is 4.14. The van der Waals surface area contributed by atoms with Crippen LogP contribution in [-0.2, 0) is 11.2 Å². The van der Waals surface area contributed by atoms with E-state index in [1.54, 1.807) is 0 Å². The summed E-state index contributed by atoms with van der Waals surface area (Å²) >= 11 is 0. The molecule has 1 amide bonds. The van der Waals surface area contributed by atoms with Crippen LogP contribution >= 0.6 is 0 Å². The molecule has 120 valence electrons. The first-order valence-corrected chi connectivity index (χ1v) is 7.79. The number of allylic oxidation sites excluding steroid dienone is 1. The van der Waals surface area contributed by atoms with Gasteiger partial charge >= 0.3 is 0 Å². The molecule has 1 saturated heterocycles. The van der Waals surface area contributed by atoms with Gasteiger partial charge in [0.15, 0.2) is 0 Å². The Balaban J connectivity index is 2.48. The summed E-state index contributed by atoms with van der Waals surface area (Å²) in [6.45, 7) is 11.3. The zero-order valence-corrected chi connectivity index (χ0v) is 13.7. The third-order valence-corrected chi connectivity index (χ3v) is 4.14. The van der Waals surface area contributed by atoms with Gasteiger partial charge in [0.2, 0.25) is 0 Å². The topological polar surface area (TPSA) is 77.2 Å². The molecule has 0 radical (unpaired) electrons. The maximum absolute atomic E-state index is 11.8. The number of aromatic nitrogens is 1. The number of hydrogen-bond donors (Lipinski definition) is 2. The first kappa shape index (κ1) is 16.5. The van der Waals surface area contributed by atoms with E-state index in [1.165, 1.54) is 0 Å². The predicted octanol–water partition coefficient (Wildman–Crippen LogP) is 2.68. The standard InChI is InChI=1S/C17H25N3O2/c1-5-13-11(4)14(16(18)21)15(10(2)3)20-17(13)19-12-6-8-22-9-7-12/h12H,2,5-9H2,1,3-4H3,(H2,18,21)(H,19,20). The second-order valence-corrected chi connectivity index (χ2v) is 5.82. The predicted molar refractivity (Wildman–Crippen MR) is 89.0 cm³/mol. The molecule has 0 unspecified atom stereocenters. The van der Waals surface area contributed by atoms with Crippen molar-refractivity contribution in [2.75, 3.05) is 18.5 Å². The Hall–Kier alpha value is -1.88. The highest BCUT2D eigenvalue weighted by molar-refractivity contribution is 5.99. The van der Waals surface area contributed by atoms with Gasteiger partial charge in [0.1, 0.15) is 5.82 Å². The average molecular weight is 303 g/mol. The van der Waals surface area contributed by atoms with Crippen molar-refractivity contribution in [3.63, 3.8) is 0 Å². The summed E-state index contributed by atoms with van der Waals surface area (Å²) in [4.78, 5) is 16.5. The molecule has 2 heterocycles. The number of amides is 1. The van der Waals surface area contributed by atoms with Gasteiger partial charge in [0, 0.05) is 19.3 Å². The van der Waals surface area contributed by atoms with Gasteiger partial charge in [0.25, 0.3) is 5.91 Å². The molecule has 0 bridgehead atoms. The van der Waals surface area contributed by atoms with E-state index in [4.69, 9.17) is 10.5 Å². The number of primary amides is 1. The van der Waals surface area contributed by atoms with Crippen molar-refractivity contribution in [3.05, 3.63) is 29.0 Å². The van der Waals surface area contributed by atoms with Crippen molar-refractivity contribution in [2.24, 2.45) is 5.73 Å². The fraction of sp³-hybridized carbons (Fsp3) is 0.529. The zero-order valence-electron chi connectivity index (χ0n) is 13.7. The van der Waals surface area contributed by atoms with Gasteiger partial charge in [-0.25, -0.2) is 4.98 Å². The normalized spacial score (nSPS) is 15.6. The van der Waals surface area contributed by atoms with Crippen molar-refractivity contribution >= 4 is 17.3 Å². The first-order chi connectivity index (χ1) is 10.5. The Bertz CT molecular complexity index is 590. The van der Waals surface area contributed by atoms with Crippen LogP contribution in [0.1, 0.15) is 53.9 Å². The van der Waals surface area contributed by atoms with Crippen molar-refractivity contribution < 1.29 is 9.53 Å². The Morgan fingerprint density at radius 2 is 2.09 bits per heavy atom. The number of rotatable bonds is 5. The van der Waals surface area contributed by atoms with E-state index < -0.39 is 5.91 Å². The zero-order chi connectivity index (χ0) is 16.3. The molecule has 2 rings (SSSR count). The minimum absolute atomic E-state index is 0.350. The lowest BCUT2D eigenvalue weighted by molar-refractivity contribution is 0.0903. The van der Waals surface area contributed by atoms with Crippen LogP contribution in [0.5, 0.6) is 0 Å². The molecule has 0 aromatic carbocycles. The number of pyridine rings is 1. The highest BCUT2D eigenvalue weighted by Crippen LogP contribution is 2.28. The molecule has 1 aliphatic heterocycles. The second-order valence-electron chi connectivity index (χ2n) is 5.82. The molecule has 1 aliphatic rings. The van der Waals surface area contributed by atoms with Gasteiger partial charge in [-0.05, 0) is 49.8 Å². The molecule has 0 spiro atoms. The number of anilines is 1. The Kier molecular flexibility index (Phi) is 5.19. The Labute approximate surface area is 131 Å². The third kappa shape index (κ3) is 3.30. The maximum Gasteiger partial charge on any atom is 0.251 e. The van der Waals surface area contributed by atoms with Crippen LogP contribution < -0.4 is 11.1 Å². The van der Waals surface area contributed by atoms with Crippen LogP contribution in [0.15, 0.2) is 6.58 Å². The van der Waals surface area contributed by atoms with Crippen LogP contribution in [0.25, 0.3) is 5.57 Å². The van der Waals surface area contributed by atoms with E-state index in [0.29, 0.717) is 17.3 Å². The first-order valence-electron chi connectivity index (χ1n) is 7.79. The fourth-order valence-corrected chi connectivity index (χ4v) is 2.94. The molecule has 5 nitrogen and oxygen atoms in total. The van der Waals surface area contributed by atoms with E-state index in [-0.39, 0.29) is 0 Å². The van der Waals surface area contributed by atoms with E-state index in [0.717, 1.165) is 55.0 Å². The van der Waals surface area contributed by atoms with Gasteiger partial charge in [0.05, 0.1) is 11.3 Å². The van der Waals surface area contributed by atoms with Gasteiger partial charge in [-0.1, -0.05) is 13.5 Å². The van der Waals surface area contributed by atoms with Crippen LogP contribution in [0.4, 0.5) is 5.82 Å². The van der Waals surface area contributed by atoms with Crippen LogP contribution in [0, 0.1) is 6.92 Å². The molecule has 1 aromatic heterocycles. The highest BCUT2D eigenvalue weighted by atomic mass is 16.5. The second kappa shape index (κ2) is 6.92. The van der Waals surface area contributed by atoms with Crippen molar-refractivity contribution in [2.45, 2.75) is 46.1 Å². The largest absolute Gasteiger partial charge is 0.381 e. The summed E-state index contributed by atoms with van der Waals surface area (Å²) < 4.78 is 5.39. The molecule has 0 atom stereocenters. The van der Waals surface area contributed by atoms with E-state index in [1.807, 2.05) is 13.8 Å². The summed E-state index contributed by atoms with van der Waals surface area (Å²) in [5.41, 5.74) is 9.33. The minimum atomic E-state index is -0.449. The molecule has 5 heteroatoms. The number of nitrogens with two attached hydrogens (primary N) is 1. The van der Waals surface area contributed by atoms with Gasteiger partial charge < -0.3 is 15.8 Å². The number of ether oxygens (including phenoxy) is 1. The Morgan fingerprint density at radius 1 is 1.45 bits per heavy atom. The number of nitrogens with zero attached hydrogens (tertiary/aromatic N) is 1. The lowest BCUT2D eigenvalue weighted by Gasteiger charge is -2.26. The molecule has 3 N–H and O–H groups in total. The lowest BCUT2D eigenvalue weighted by Crippen LogP contribution is -2.29. The Morgan fingerprint density at radius 3 is 2.59 bits per heavy atom. The molecule has 0 saturated carbocycles. The van der Waals surface area contributed by atoms with Crippen molar-refractivity contribution in [1.82, 2.24) is 4.98 Å². The summed E-state index contributed by atoms with van der Waals surface area (Å²) in [6.07, 6.45) is 2.72. The molecular formula is C17H25N3O2. The molecule has 1 aromatic rings. The van der Waals surface area contributed by atoms with Gasteiger partial charge in [-0.15, -0.1) is 0 Å². The highest BCUT2D eigenvalue weighted by Gasteiger charge is 2.22. The van der Waals surface area contributed by atoms with Gasteiger partial charge in [-0.3, -0.25) is 4.79 Å². The minimum Gasteiger partial charge on any atom is -0.381 e. The van der Waals surface area contributed by atoms with E-state index in [9.17, 15) is 4.79 Å². The molecular weight excluding hydrogens is 278 g/mol. The summed E-state index contributed by atoms with van der Waals surface area (Å²) in [6, 6.07) is 0.350. The van der Waals surface area contributed by atoms with E-state index >= 15 is 0 Å². The summed E-state index contributed by atoms with van der Waals surface area (Å²) in [5, 5.41) is 3.52. The molecule has 22 heavy (non-hydrogen) atoms. The number of carbonyl (C=O) groups excluding carboxylic acids is 1. The molecule has 1 fully saturated rings. The van der Waals surface area contributed by atoms with Crippen LogP contribution in [0.2, 0.25) is 0 Å². The maximum atomic E-state index is 11.8. The van der Waals surface area contributed by atoms with Crippen LogP contribution in [0.3, 0.4) is 0 Å². The summed E-state index contributed by atoms with van der Waals surface area (Å²) in [7, 11) is 0. The number of hydrogen-bond acceptors (Lipinski definition) is 4. The number of carbonyl (C=O) groups is 1. The SMILES string of the molecule is C=C(C)c1nc(NC2CCOCC2)c(CC)c(C)c1C(N)=O. The average Bonchev–Trinajstić information content (AvgIpc) is 2.47. The van der Waals surface area contributed by atoms with Gasteiger partial charge in [-0.2, -0.15) is 0 Å². The monoisotopic (exact) mass is 303 g/mol. The van der Waals surface area contributed by atoms with Crippen molar-refractivity contribution in [1.29, 1.82) is 0 Å². The number of nitrogens with one attached hydrogen (secondary N) is 1. The lowest BCUT2D eigenvalue weighted by atomic mass is 9.96. The smallest absolute Gasteiger partial charge is 0.251 e. The fourth-order valence-electron chi connectivity index (χ4n) is 2.94. The van der Waals surface area contributed by atoms with Crippen molar-refractivity contribution in [3.8, 4) is 0 Å². The molecule has 0 aliphatic carbocycles.